The van der Waals surface area contributed by atoms with E-state index in [1.807, 2.05) is 0 Å². The Kier molecular flexibility index (Phi) is 4.43. The fourth-order valence-electron chi connectivity index (χ4n) is 4.02. The Hall–Kier alpha value is -1.99. The van der Waals surface area contributed by atoms with Gasteiger partial charge in [0.15, 0.2) is 5.58 Å². The molecular formula is C18H22FN3O3. The zero-order chi connectivity index (χ0) is 17.4. The van der Waals surface area contributed by atoms with Crippen molar-refractivity contribution in [3.8, 4) is 0 Å². The van der Waals surface area contributed by atoms with Crippen LogP contribution < -0.4 is 5.73 Å². The molecule has 3 heterocycles. The minimum atomic E-state index is -0.323. The highest BCUT2D eigenvalue weighted by Crippen LogP contribution is 2.33. The van der Waals surface area contributed by atoms with Crippen LogP contribution >= 0.6 is 0 Å². The van der Waals surface area contributed by atoms with E-state index in [-0.39, 0.29) is 23.7 Å². The van der Waals surface area contributed by atoms with Gasteiger partial charge in [-0.25, -0.2) is 9.37 Å². The fourth-order valence-corrected chi connectivity index (χ4v) is 4.02. The number of piperidine rings is 1. The fraction of sp³-hybridized carbons (Fsp3) is 0.556. The first-order chi connectivity index (χ1) is 12.1. The van der Waals surface area contributed by atoms with Crippen molar-refractivity contribution in [1.29, 1.82) is 0 Å². The molecule has 0 saturated carbocycles. The lowest BCUT2D eigenvalue weighted by Gasteiger charge is -2.35. The van der Waals surface area contributed by atoms with E-state index in [1.165, 1.54) is 12.1 Å². The standard InChI is InChI=1S/C18H22FN3O3/c19-12-1-2-14-15(9-12)25-16(21-14)10-22-6-3-11(4-7-22)17-13(18(20)23)5-8-24-17/h1-2,9,11,13,17H,3-8,10H2,(H2,20,23)/t13-,17+/m0/s1. The smallest absolute Gasteiger partial charge is 0.223 e. The molecule has 1 aromatic carbocycles. The number of carbonyl (C=O) groups is 1. The molecule has 0 aliphatic carbocycles. The summed E-state index contributed by atoms with van der Waals surface area (Å²) >= 11 is 0. The van der Waals surface area contributed by atoms with E-state index in [9.17, 15) is 9.18 Å². The molecule has 1 aromatic heterocycles. The first-order valence-electron chi connectivity index (χ1n) is 8.78. The number of hydrogen-bond donors (Lipinski definition) is 1. The monoisotopic (exact) mass is 347 g/mol. The zero-order valence-corrected chi connectivity index (χ0v) is 14.0. The summed E-state index contributed by atoms with van der Waals surface area (Å²) in [7, 11) is 0. The molecule has 0 bridgehead atoms. The summed E-state index contributed by atoms with van der Waals surface area (Å²) in [5.41, 5.74) is 6.65. The number of ether oxygens (including phenoxy) is 1. The normalized spacial score (nSPS) is 25.6. The van der Waals surface area contributed by atoms with Crippen molar-refractivity contribution < 1.29 is 18.3 Å². The van der Waals surface area contributed by atoms with E-state index in [1.54, 1.807) is 6.07 Å². The number of amides is 1. The molecule has 1 amide bonds. The van der Waals surface area contributed by atoms with Crippen molar-refractivity contribution >= 4 is 17.0 Å². The van der Waals surface area contributed by atoms with Crippen molar-refractivity contribution in [3.05, 3.63) is 29.9 Å². The van der Waals surface area contributed by atoms with Crippen LogP contribution in [0.5, 0.6) is 0 Å². The average molecular weight is 347 g/mol. The number of nitrogens with zero attached hydrogens (tertiary/aromatic N) is 2. The molecule has 2 aliphatic rings. The van der Waals surface area contributed by atoms with Crippen LogP contribution in [0.1, 0.15) is 25.2 Å². The molecule has 134 valence electrons. The third-order valence-corrected chi connectivity index (χ3v) is 5.35. The van der Waals surface area contributed by atoms with Crippen molar-refractivity contribution in [2.75, 3.05) is 19.7 Å². The topological polar surface area (TPSA) is 81.6 Å². The summed E-state index contributed by atoms with van der Waals surface area (Å²) in [6, 6.07) is 4.38. The van der Waals surface area contributed by atoms with Crippen LogP contribution in [-0.2, 0) is 16.1 Å². The van der Waals surface area contributed by atoms with Gasteiger partial charge in [0.2, 0.25) is 11.8 Å². The Morgan fingerprint density at radius 1 is 1.32 bits per heavy atom. The number of benzene rings is 1. The lowest BCUT2D eigenvalue weighted by molar-refractivity contribution is -0.124. The van der Waals surface area contributed by atoms with Gasteiger partial charge >= 0.3 is 0 Å². The minimum absolute atomic E-state index is 0.0352. The van der Waals surface area contributed by atoms with Crippen LogP contribution in [0.15, 0.2) is 22.6 Å². The lowest BCUT2D eigenvalue weighted by atomic mass is 9.84. The van der Waals surface area contributed by atoms with Gasteiger partial charge < -0.3 is 14.9 Å². The summed E-state index contributed by atoms with van der Waals surface area (Å²) in [6.07, 6.45) is 2.62. The Labute approximate surface area is 145 Å². The van der Waals surface area contributed by atoms with Gasteiger partial charge in [-0.2, -0.15) is 0 Å². The van der Waals surface area contributed by atoms with Gasteiger partial charge in [0, 0.05) is 12.7 Å². The lowest BCUT2D eigenvalue weighted by Crippen LogP contribution is -2.41. The highest BCUT2D eigenvalue weighted by Gasteiger charge is 2.39. The van der Waals surface area contributed by atoms with Crippen LogP contribution in [0.4, 0.5) is 4.39 Å². The van der Waals surface area contributed by atoms with Gasteiger partial charge in [-0.3, -0.25) is 9.69 Å². The van der Waals surface area contributed by atoms with E-state index >= 15 is 0 Å². The number of nitrogens with two attached hydrogens (primary N) is 1. The maximum atomic E-state index is 13.2. The molecule has 6 nitrogen and oxygen atoms in total. The van der Waals surface area contributed by atoms with E-state index in [0.717, 1.165) is 32.4 Å². The molecule has 2 atom stereocenters. The summed E-state index contributed by atoms with van der Waals surface area (Å²) in [6.45, 7) is 3.01. The molecule has 2 N–H and O–H groups in total. The van der Waals surface area contributed by atoms with E-state index < -0.39 is 0 Å². The first-order valence-corrected chi connectivity index (χ1v) is 8.78. The van der Waals surface area contributed by atoms with Gasteiger partial charge in [-0.05, 0) is 50.4 Å². The van der Waals surface area contributed by atoms with Crippen LogP contribution in [0, 0.1) is 17.7 Å². The summed E-state index contributed by atoms with van der Waals surface area (Å²) < 4.78 is 24.7. The predicted molar refractivity (Wildman–Crippen MR) is 89.0 cm³/mol. The van der Waals surface area contributed by atoms with Crippen molar-refractivity contribution in [3.63, 3.8) is 0 Å². The highest BCUT2D eigenvalue weighted by molar-refractivity contribution is 5.77. The maximum absolute atomic E-state index is 13.2. The number of oxazole rings is 1. The minimum Gasteiger partial charge on any atom is -0.439 e. The average Bonchev–Trinajstić information content (AvgIpc) is 3.21. The Balaban J connectivity index is 1.36. The van der Waals surface area contributed by atoms with Crippen LogP contribution in [0.2, 0.25) is 0 Å². The largest absolute Gasteiger partial charge is 0.439 e. The Bertz CT molecular complexity index is 770. The Morgan fingerprint density at radius 3 is 2.88 bits per heavy atom. The molecule has 2 saturated heterocycles. The van der Waals surface area contributed by atoms with Gasteiger partial charge in [-0.1, -0.05) is 0 Å². The van der Waals surface area contributed by atoms with Gasteiger partial charge in [0.25, 0.3) is 0 Å². The van der Waals surface area contributed by atoms with E-state index in [0.29, 0.717) is 36.1 Å². The maximum Gasteiger partial charge on any atom is 0.223 e. The molecular weight excluding hydrogens is 325 g/mol. The van der Waals surface area contributed by atoms with Crippen molar-refractivity contribution in [2.45, 2.75) is 31.9 Å². The zero-order valence-electron chi connectivity index (χ0n) is 14.0. The van der Waals surface area contributed by atoms with Gasteiger partial charge in [-0.15, -0.1) is 0 Å². The SMILES string of the molecule is NC(=O)[C@H]1CCO[C@@H]1C1CCN(Cc2nc3ccc(F)cc3o2)CC1. The molecule has 2 aromatic rings. The Morgan fingerprint density at radius 2 is 2.12 bits per heavy atom. The van der Waals surface area contributed by atoms with Gasteiger partial charge in [0.05, 0.1) is 18.6 Å². The molecule has 0 unspecified atom stereocenters. The van der Waals surface area contributed by atoms with Crippen LogP contribution in [-0.4, -0.2) is 41.6 Å². The number of carbonyl (C=O) groups excluding carboxylic acids is 1. The van der Waals surface area contributed by atoms with Crippen molar-refractivity contribution in [2.24, 2.45) is 17.6 Å². The third kappa shape index (κ3) is 3.39. The quantitative estimate of drug-likeness (QED) is 0.916. The molecule has 7 heteroatoms. The predicted octanol–water partition coefficient (Wildman–Crippen LogP) is 2.07. The molecule has 0 spiro atoms. The van der Waals surface area contributed by atoms with Crippen LogP contribution in [0.25, 0.3) is 11.1 Å². The molecule has 0 radical (unpaired) electrons. The summed E-state index contributed by atoms with van der Waals surface area (Å²) in [4.78, 5) is 18.2. The molecule has 2 fully saturated rings. The van der Waals surface area contributed by atoms with E-state index in [2.05, 4.69) is 9.88 Å². The number of fused-ring (bicyclic) bond motifs is 1. The number of aromatic nitrogens is 1. The van der Waals surface area contributed by atoms with Crippen LogP contribution in [0.3, 0.4) is 0 Å². The number of likely N-dealkylation sites (tertiary alicyclic amines) is 1. The number of halogens is 1. The molecule has 4 rings (SSSR count). The van der Waals surface area contributed by atoms with Crippen molar-refractivity contribution in [1.82, 2.24) is 9.88 Å². The second-order valence-electron chi connectivity index (χ2n) is 6.97. The summed E-state index contributed by atoms with van der Waals surface area (Å²) in [5.74, 6) is 0.254. The highest BCUT2D eigenvalue weighted by atomic mass is 19.1. The number of primary amides is 1. The molecule has 25 heavy (non-hydrogen) atoms. The number of rotatable bonds is 4. The second-order valence-corrected chi connectivity index (χ2v) is 6.97. The summed E-state index contributed by atoms with van der Waals surface area (Å²) in [5, 5.41) is 0. The van der Waals surface area contributed by atoms with E-state index in [4.69, 9.17) is 14.9 Å². The molecule has 2 aliphatic heterocycles. The third-order valence-electron chi connectivity index (χ3n) is 5.35. The second kappa shape index (κ2) is 6.72. The number of hydrogen-bond acceptors (Lipinski definition) is 5. The first kappa shape index (κ1) is 16.5. The van der Waals surface area contributed by atoms with Gasteiger partial charge in [0.1, 0.15) is 11.3 Å².